The van der Waals surface area contributed by atoms with Gasteiger partial charge < -0.3 is 5.73 Å². The lowest BCUT2D eigenvalue weighted by atomic mass is 9.64. The molecule has 0 fully saturated rings. The SMILES string of the molecule is CC1(C)c2c(F)cccc2CCC1CCN. The second-order valence-corrected chi connectivity index (χ2v) is 5.31. The molecule has 0 aliphatic heterocycles. The van der Waals surface area contributed by atoms with Crippen LogP contribution in [-0.2, 0) is 11.8 Å². The molecule has 16 heavy (non-hydrogen) atoms. The smallest absolute Gasteiger partial charge is 0.127 e. The molecular weight excluding hydrogens is 201 g/mol. The van der Waals surface area contributed by atoms with Gasteiger partial charge in [0.15, 0.2) is 0 Å². The minimum atomic E-state index is -0.0850. The number of rotatable bonds is 2. The highest BCUT2D eigenvalue weighted by molar-refractivity contribution is 5.37. The average Bonchev–Trinajstić information content (AvgIpc) is 2.22. The first kappa shape index (κ1) is 11.6. The van der Waals surface area contributed by atoms with Gasteiger partial charge in [-0.1, -0.05) is 26.0 Å². The Labute approximate surface area is 96.9 Å². The Morgan fingerprint density at radius 3 is 2.88 bits per heavy atom. The van der Waals surface area contributed by atoms with Gasteiger partial charge in [-0.25, -0.2) is 4.39 Å². The molecule has 0 radical (unpaired) electrons. The first-order valence-corrected chi connectivity index (χ1v) is 6.05. The molecule has 0 spiro atoms. The lowest BCUT2D eigenvalue weighted by Crippen LogP contribution is -2.36. The van der Waals surface area contributed by atoms with Gasteiger partial charge >= 0.3 is 0 Å². The van der Waals surface area contributed by atoms with E-state index in [0.29, 0.717) is 12.5 Å². The number of benzene rings is 1. The van der Waals surface area contributed by atoms with Crippen molar-refractivity contribution >= 4 is 0 Å². The quantitative estimate of drug-likeness (QED) is 0.816. The summed E-state index contributed by atoms with van der Waals surface area (Å²) in [6.07, 6.45) is 3.10. The first-order valence-electron chi connectivity index (χ1n) is 6.05. The number of fused-ring (bicyclic) bond motifs is 1. The maximum Gasteiger partial charge on any atom is 0.127 e. The molecule has 0 amide bonds. The number of aryl methyl sites for hydroxylation is 1. The van der Waals surface area contributed by atoms with E-state index in [4.69, 9.17) is 5.73 Å². The van der Waals surface area contributed by atoms with Crippen molar-refractivity contribution in [2.45, 2.75) is 38.5 Å². The molecule has 0 heterocycles. The fourth-order valence-corrected chi connectivity index (χ4v) is 3.10. The number of hydrogen-bond acceptors (Lipinski definition) is 1. The highest BCUT2D eigenvalue weighted by Gasteiger charge is 2.37. The summed E-state index contributed by atoms with van der Waals surface area (Å²) in [6.45, 7) is 4.99. The van der Waals surface area contributed by atoms with Crippen molar-refractivity contribution in [3.8, 4) is 0 Å². The molecule has 2 N–H and O–H groups in total. The van der Waals surface area contributed by atoms with Gasteiger partial charge in [0.25, 0.3) is 0 Å². The van der Waals surface area contributed by atoms with E-state index in [1.54, 1.807) is 6.07 Å². The molecule has 1 aromatic carbocycles. The second-order valence-electron chi connectivity index (χ2n) is 5.31. The van der Waals surface area contributed by atoms with Crippen molar-refractivity contribution in [1.29, 1.82) is 0 Å². The lowest BCUT2D eigenvalue weighted by molar-refractivity contribution is 0.256. The number of nitrogens with two attached hydrogens (primary N) is 1. The molecule has 1 aliphatic carbocycles. The maximum atomic E-state index is 13.9. The van der Waals surface area contributed by atoms with Crippen LogP contribution in [-0.4, -0.2) is 6.54 Å². The van der Waals surface area contributed by atoms with Crippen molar-refractivity contribution in [1.82, 2.24) is 0 Å². The van der Waals surface area contributed by atoms with Gasteiger partial charge in [-0.3, -0.25) is 0 Å². The van der Waals surface area contributed by atoms with Crippen LogP contribution in [0.1, 0.15) is 37.8 Å². The molecule has 0 bridgehead atoms. The normalized spacial score (nSPS) is 22.9. The summed E-state index contributed by atoms with van der Waals surface area (Å²) < 4.78 is 13.9. The minimum Gasteiger partial charge on any atom is -0.330 e. The van der Waals surface area contributed by atoms with Crippen LogP contribution in [0.15, 0.2) is 18.2 Å². The highest BCUT2D eigenvalue weighted by atomic mass is 19.1. The van der Waals surface area contributed by atoms with Crippen molar-refractivity contribution in [3.63, 3.8) is 0 Å². The summed E-state index contributed by atoms with van der Waals surface area (Å²) in [7, 11) is 0. The standard InChI is InChI=1S/C14H20FN/c1-14(2)11(8-9-16)7-6-10-4-3-5-12(15)13(10)14/h3-5,11H,6-9,16H2,1-2H3. The van der Waals surface area contributed by atoms with Crippen LogP contribution in [0.5, 0.6) is 0 Å². The molecule has 0 aromatic heterocycles. The van der Waals surface area contributed by atoms with Crippen molar-refractivity contribution in [2.24, 2.45) is 11.7 Å². The Morgan fingerprint density at radius 1 is 1.44 bits per heavy atom. The van der Waals surface area contributed by atoms with Crippen LogP contribution < -0.4 is 5.73 Å². The van der Waals surface area contributed by atoms with E-state index in [2.05, 4.69) is 19.9 Å². The predicted octanol–water partition coefficient (Wildman–Crippen LogP) is 3.01. The monoisotopic (exact) mass is 221 g/mol. The highest BCUT2D eigenvalue weighted by Crippen LogP contribution is 2.43. The third-order valence-corrected chi connectivity index (χ3v) is 4.04. The Kier molecular flexibility index (Phi) is 3.02. The van der Waals surface area contributed by atoms with Gasteiger partial charge in [-0.05, 0) is 54.3 Å². The van der Waals surface area contributed by atoms with E-state index < -0.39 is 0 Å². The Bertz CT molecular complexity index is 384. The van der Waals surface area contributed by atoms with Crippen LogP contribution in [0.4, 0.5) is 4.39 Å². The van der Waals surface area contributed by atoms with E-state index in [-0.39, 0.29) is 11.2 Å². The van der Waals surface area contributed by atoms with Gasteiger partial charge in [-0.2, -0.15) is 0 Å². The molecule has 0 saturated carbocycles. The van der Waals surface area contributed by atoms with E-state index in [0.717, 1.165) is 24.8 Å². The van der Waals surface area contributed by atoms with Gasteiger partial charge in [-0.15, -0.1) is 0 Å². The lowest BCUT2D eigenvalue weighted by Gasteiger charge is -2.40. The summed E-state index contributed by atoms with van der Waals surface area (Å²) in [6, 6.07) is 5.44. The van der Waals surface area contributed by atoms with E-state index >= 15 is 0 Å². The molecule has 1 nitrogen and oxygen atoms in total. The molecule has 1 aromatic rings. The summed E-state index contributed by atoms with van der Waals surface area (Å²) in [4.78, 5) is 0. The summed E-state index contributed by atoms with van der Waals surface area (Å²) in [5, 5.41) is 0. The largest absolute Gasteiger partial charge is 0.330 e. The van der Waals surface area contributed by atoms with Crippen LogP contribution in [0.3, 0.4) is 0 Å². The zero-order valence-electron chi connectivity index (χ0n) is 10.1. The average molecular weight is 221 g/mol. The third-order valence-electron chi connectivity index (χ3n) is 4.04. The Hall–Kier alpha value is -0.890. The topological polar surface area (TPSA) is 26.0 Å². The molecule has 88 valence electrons. The fraction of sp³-hybridized carbons (Fsp3) is 0.571. The van der Waals surface area contributed by atoms with Crippen LogP contribution >= 0.6 is 0 Å². The summed E-state index contributed by atoms with van der Waals surface area (Å²) in [5.41, 5.74) is 7.66. The van der Waals surface area contributed by atoms with Crippen LogP contribution in [0, 0.1) is 11.7 Å². The molecule has 2 heteroatoms. The third kappa shape index (κ3) is 1.75. The molecule has 0 saturated heterocycles. The predicted molar refractivity (Wildman–Crippen MR) is 64.9 cm³/mol. The van der Waals surface area contributed by atoms with E-state index in [1.165, 1.54) is 5.56 Å². The Morgan fingerprint density at radius 2 is 2.19 bits per heavy atom. The van der Waals surface area contributed by atoms with E-state index in [9.17, 15) is 4.39 Å². The molecule has 1 atom stereocenters. The summed E-state index contributed by atoms with van der Waals surface area (Å²) >= 11 is 0. The van der Waals surface area contributed by atoms with Gasteiger partial charge in [0.1, 0.15) is 5.82 Å². The number of halogens is 1. The maximum absolute atomic E-state index is 13.9. The van der Waals surface area contributed by atoms with Gasteiger partial charge in [0.2, 0.25) is 0 Å². The first-order chi connectivity index (χ1) is 7.57. The van der Waals surface area contributed by atoms with Crippen LogP contribution in [0.25, 0.3) is 0 Å². The van der Waals surface area contributed by atoms with Crippen molar-refractivity contribution in [2.75, 3.05) is 6.54 Å². The molecular formula is C14H20FN. The molecule has 2 rings (SSSR count). The zero-order chi connectivity index (χ0) is 11.8. The molecule has 1 aliphatic rings. The van der Waals surface area contributed by atoms with Crippen molar-refractivity contribution < 1.29 is 4.39 Å². The van der Waals surface area contributed by atoms with E-state index in [1.807, 2.05) is 6.07 Å². The number of hydrogen-bond donors (Lipinski definition) is 1. The second kappa shape index (κ2) is 4.17. The van der Waals surface area contributed by atoms with Gasteiger partial charge in [0.05, 0.1) is 0 Å². The fourth-order valence-electron chi connectivity index (χ4n) is 3.10. The van der Waals surface area contributed by atoms with Crippen molar-refractivity contribution in [3.05, 3.63) is 35.1 Å². The summed E-state index contributed by atoms with van der Waals surface area (Å²) in [5.74, 6) is 0.450. The van der Waals surface area contributed by atoms with Gasteiger partial charge in [0, 0.05) is 0 Å². The Balaban J connectivity index is 2.45. The minimum absolute atomic E-state index is 0.0516. The zero-order valence-corrected chi connectivity index (χ0v) is 10.1. The molecule has 1 unspecified atom stereocenters. The van der Waals surface area contributed by atoms with Crippen LogP contribution in [0.2, 0.25) is 0 Å².